The molecule has 0 aromatic heterocycles. The highest BCUT2D eigenvalue weighted by molar-refractivity contribution is 5.88. The summed E-state index contributed by atoms with van der Waals surface area (Å²) in [6.07, 6.45) is 4.77. The first-order valence-corrected chi connectivity index (χ1v) is 5.47. The minimum Gasteiger partial charge on any atom is -0.451 e. The maximum Gasteiger partial charge on any atom is 0.350 e. The fraction of sp³-hybridized carbons (Fsp3) is 0.818. The van der Waals surface area contributed by atoms with Gasteiger partial charge in [0.05, 0.1) is 0 Å². The van der Waals surface area contributed by atoms with Crippen molar-refractivity contribution in [3.63, 3.8) is 0 Å². The molecular weight excluding hydrogens is 196 g/mol. The van der Waals surface area contributed by atoms with Gasteiger partial charge in [0.2, 0.25) is 5.60 Å². The Morgan fingerprint density at radius 3 is 2.67 bits per heavy atom. The van der Waals surface area contributed by atoms with Crippen LogP contribution in [0.5, 0.6) is 0 Å². The van der Waals surface area contributed by atoms with Crippen LogP contribution in [0.3, 0.4) is 0 Å². The van der Waals surface area contributed by atoms with Crippen molar-refractivity contribution in [2.75, 3.05) is 6.61 Å². The number of carbonyl (C=O) groups excluding carboxylic acids is 2. The van der Waals surface area contributed by atoms with E-state index < -0.39 is 17.5 Å². The topological polar surface area (TPSA) is 52.6 Å². The summed E-state index contributed by atoms with van der Waals surface area (Å²) in [6.45, 7) is 3.50. The molecule has 0 spiro atoms. The molecule has 1 heterocycles. The van der Waals surface area contributed by atoms with Crippen molar-refractivity contribution in [3.05, 3.63) is 0 Å². The molecule has 1 saturated heterocycles. The number of esters is 2. The second-order valence-electron chi connectivity index (χ2n) is 4.09. The summed E-state index contributed by atoms with van der Waals surface area (Å²) in [4.78, 5) is 22.4. The van der Waals surface area contributed by atoms with Crippen LogP contribution in [0.1, 0.15) is 46.0 Å². The lowest BCUT2D eigenvalue weighted by atomic mass is 9.97. The quantitative estimate of drug-likeness (QED) is 0.517. The van der Waals surface area contributed by atoms with E-state index in [1.54, 1.807) is 6.92 Å². The van der Waals surface area contributed by atoms with Crippen molar-refractivity contribution in [2.24, 2.45) is 0 Å². The second kappa shape index (κ2) is 5.14. The van der Waals surface area contributed by atoms with Crippen LogP contribution in [-0.4, -0.2) is 24.1 Å². The molecule has 0 N–H and O–H groups in total. The van der Waals surface area contributed by atoms with Gasteiger partial charge in [-0.15, -0.1) is 0 Å². The molecule has 1 rings (SSSR count). The van der Waals surface area contributed by atoms with Crippen molar-refractivity contribution >= 4 is 11.9 Å². The zero-order valence-electron chi connectivity index (χ0n) is 9.38. The molecule has 1 fully saturated rings. The SMILES string of the molecule is CCCCCCC1(C)OC(=O)COC1=O. The van der Waals surface area contributed by atoms with Crippen molar-refractivity contribution in [3.8, 4) is 0 Å². The van der Waals surface area contributed by atoms with E-state index in [1.807, 2.05) is 0 Å². The van der Waals surface area contributed by atoms with Crippen LogP contribution in [0.25, 0.3) is 0 Å². The Kier molecular flexibility index (Phi) is 4.12. The van der Waals surface area contributed by atoms with Crippen molar-refractivity contribution in [1.82, 2.24) is 0 Å². The molecule has 1 aliphatic heterocycles. The van der Waals surface area contributed by atoms with Gasteiger partial charge in [0, 0.05) is 0 Å². The largest absolute Gasteiger partial charge is 0.451 e. The minimum atomic E-state index is -1.05. The van der Waals surface area contributed by atoms with Gasteiger partial charge in [0.1, 0.15) is 0 Å². The Balaban J connectivity index is 2.41. The van der Waals surface area contributed by atoms with Crippen molar-refractivity contribution in [1.29, 1.82) is 0 Å². The molecule has 0 saturated carbocycles. The number of rotatable bonds is 5. The summed E-state index contributed by atoms with van der Waals surface area (Å²) in [5, 5.41) is 0. The molecule has 15 heavy (non-hydrogen) atoms. The van der Waals surface area contributed by atoms with Gasteiger partial charge in [-0.1, -0.05) is 26.2 Å². The Labute approximate surface area is 89.9 Å². The van der Waals surface area contributed by atoms with E-state index in [4.69, 9.17) is 9.47 Å². The normalized spacial score (nSPS) is 26.0. The zero-order chi connectivity index (χ0) is 11.3. The molecule has 1 unspecified atom stereocenters. The van der Waals surface area contributed by atoms with E-state index in [0.29, 0.717) is 6.42 Å². The van der Waals surface area contributed by atoms with Crippen LogP contribution in [0.4, 0.5) is 0 Å². The first kappa shape index (κ1) is 12.0. The summed E-state index contributed by atoms with van der Waals surface area (Å²) in [6, 6.07) is 0. The predicted molar refractivity (Wildman–Crippen MR) is 54.2 cm³/mol. The molecule has 1 aliphatic rings. The van der Waals surface area contributed by atoms with Crippen molar-refractivity contribution in [2.45, 2.75) is 51.6 Å². The van der Waals surface area contributed by atoms with Crippen LogP contribution in [0.15, 0.2) is 0 Å². The van der Waals surface area contributed by atoms with Gasteiger partial charge >= 0.3 is 11.9 Å². The molecule has 4 nitrogen and oxygen atoms in total. The molecular formula is C11H18O4. The number of unbranched alkanes of at least 4 members (excludes halogenated alkanes) is 3. The fourth-order valence-corrected chi connectivity index (χ4v) is 1.64. The monoisotopic (exact) mass is 214 g/mol. The third-order valence-corrected chi connectivity index (χ3v) is 2.60. The van der Waals surface area contributed by atoms with Gasteiger partial charge in [-0.2, -0.15) is 0 Å². The van der Waals surface area contributed by atoms with Gasteiger partial charge < -0.3 is 9.47 Å². The fourth-order valence-electron chi connectivity index (χ4n) is 1.64. The van der Waals surface area contributed by atoms with E-state index >= 15 is 0 Å². The highest BCUT2D eigenvalue weighted by Gasteiger charge is 2.42. The average molecular weight is 214 g/mol. The van der Waals surface area contributed by atoms with Crippen LogP contribution in [0.2, 0.25) is 0 Å². The number of hydrogen-bond donors (Lipinski definition) is 0. The Morgan fingerprint density at radius 2 is 2.00 bits per heavy atom. The molecule has 0 radical (unpaired) electrons. The summed E-state index contributed by atoms with van der Waals surface area (Å²) in [5.41, 5.74) is -1.05. The molecule has 0 amide bonds. The van der Waals surface area contributed by atoms with Crippen LogP contribution < -0.4 is 0 Å². The molecule has 86 valence electrons. The lowest BCUT2D eigenvalue weighted by Crippen LogP contribution is -2.47. The standard InChI is InChI=1S/C11H18O4/c1-3-4-5-6-7-11(2)10(13)14-8-9(12)15-11/h3-8H2,1-2H3. The maximum absolute atomic E-state index is 11.4. The van der Waals surface area contributed by atoms with E-state index in [1.165, 1.54) is 0 Å². The third-order valence-electron chi connectivity index (χ3n) is 2.60. The van der Waals surface area contributed by atoms with E-state index in [-0.39, 0.29) is 6.61 Å². The summed E-state index contributed by atoms with van der Waals surface area (Å²) in [5.74, 6) is -0.869. The summed E-state index contributed by atoms with van der Waals surface area (Å²) < 4.78 is 9.80. The lowest BCUT2D eigenvalue weighted by Gasteiger charge is -2.30. The first-order valence-electron chi connectivity index (χ1n) is 5.47. The summed E-state index contributed by atoms with van der Waals surface area (Å²) in [7, 11) is 0. The van der Waals surface area contributed by atoms with E-state index in [2.05, 4.69) is 6.92 Å². The highest BCUT2D eigenvalue weighted by Crippen LogP contribution is 2.24. The van der Waals surface area contributed by atoms with Crippen LogP contribution in [-0.2, 0) is 19.1 Å². The number of hydrogen-bond acceptors (Lipinski definition) is 4. The van der Waals surface area contributed by atoms with Crippen molar-refractivity contribution < 1.29 is 19.1 Å². The van der Waals surface area contributed by atoms with Crippen LogP contribution in [0, 0.1) is 0 Å². The second-order valence-corrected chi connectivity index (χ2v) is 4.09. The smallest absolute Gasteiger partial charge is 0.350 e. The Morgan fingerprint density at radius 1 is 1.27 bits per heavy atom. The molecule has 0 aromatic carbocycles. The average Bonchev–Trinajstić information content (AvgIpc) is 2.19. The number of cyclic esters (lactones) is 2. The number of ether oxygens (including phenoxy) is 2. The zero-order valence-corrected chi connectivity index (χ0v) is 9.38. The maximum atomic E-state index is 11.4. The Bertz CT molecular complexity index is 249. The molecule has 0 aliphatic carbocycles. The van der Waals surface area contributed by atoms with Gasteiger partial charge in [-0.3, -0.25) is 0 Å². The first-order chi connectivity index (χ1) is 7.08. The lowest BCUT2D eigenvalue weighted by molar-refractivity contribution is -0.199. The van der Waals surface area contributed by atoms with Gasteiger partial charge in [-0.05, 0) is 19.8 Å². The van der Waals surface area contributed by atoms with Gasteiger partial charge in [0.15, 0.2) is 6.61 Å². The predicted octanol–water partition coefficient (Wildman–Crippen LogP) is 1.82. The molecule has 4 heteroatoms. The molecule has 0 aromatic rings. The van der Waals surface area contributed by atoms with Gasteiger partial charge in [-0.25, -0.2) is 9.59 Å². The molecule has 0 bridgehead atoms. The van der Waals surface area contributed by atoms with Gasteiger partial charge in [0.25, 0.3) is 0 Å². The van der Waals surface area contributed by atoms with E-state index in [0.717, 1.165) is 25.7 Å². The number of carbonyl (C=O) groups is 2. The highest BCUT2D eigenvalue weighted by atomic mass is 16.6. The third kappa shape index (κ3) is 3.22. The minimum absolute atomic E-state index is 0.247. The summed E-state index contributed by atoms with van der Waals surface area (Å²) >= 11 is 0. The molecule has 1 atom stereocenters. The Hall–Kier alpha value is -1.06. The van der Waals surface area contributed by atoms with Crippen LogP contribution >= 0.6 is 0 Å². The van der Waals surface area contributed by atoms with E-state index in [9.17, 15) is 9.59 Å².